The molecule has 7 aromatic rings. The molecule has 0 unspecified atom stereocenters. The van der Waals surface area contributed by atoms with Gasteiger partial charge in [-0.1, -0.05) is 67.9 Å². The Morgan fingerprint density at radius 3 is 1.82 bits per heavy atom. The fraction of sp³-hybridized carbons (Fsp3) is 0.161. The zero-order valence-electron chi connectivity index (χ0n) is 18.9. The first-order chi connectivity index (χ1) is 16.6. The summed E-state index contributed by atoms with van der Waals surface area (Å²) in [5.41, 5.74) is 2.01. The van der Waals surface area contributed by atoms with Crippen molar-refractivity contribution < 1.29 is 14.7 Å². The maximum atomic E-state index is 13.2. The summed E-state index contributed by atoms with van der Waals surface area (Å²) in [6.45, 7) is 2.23. The first-order valence-corrected chi connectivity index (χ1v) is 11.9. The first-order valence-electron chi connectivity index (χ1n) is 11.9. The quantitative estimate of drug-likeness (QED) is 0.162. The number of rotatable bonds is 6. The van der Waals surface area contributed by atoms with Crippen molar-refractivity contribution in [2.75, 3.05) is 0 Å². The summed E-state index contributed by atoms with van der Waals surface area (Å²) in [5, 5.41) is 23.5. The number of ketones is 1. The molecule has 1 N–H and O–H groups in total. The predicted molar refractivity (Wildman–Crippen MR) is 140 cm³/mol. The second-order valence-electron chi connectivity index (χ2n) is 9.53. The zero-order valence-corrected chi connectivity index (χ0v) is 18.9. The molecule has 3 nitrogen and oxygen atoms in total. The van der Waals surface area contributed by atoms with Crippen LogP contribution in [0.1, 0.15) is 42.1 Å². The van der Waals surface area contributed by atoms with Crippen LogP contribution in [-0.4, -0.2) is 16.9 Å². The number of carboxylic acid groups (broad SMARTS) is 1. The number of aryl methyl sites for hydroxylation is 1. The molecule has 0 aliphatic carbocycles. The van der Waals surface area contributed by atoms with Crippen LogP contribution in [0.2, 0.25) is 0 Å². The molecule has 34 heavy (non-hydrogen) atoms. The van der Waals surface area contributed by atoms with Crippen LogP contribution in [-0.2, 0) is 11.2 Å². The molecule has 0 heterocycles. The number of benzene rings is 7. The highest BCUT2D eigenvalue weighted by Crippen LogP contribution is 2.49. The SMILES string of the molecule is CCCc1cc2ccc3cc(C(=O)CCC(=O)O)c4ccc5ccc6ccc1c1c6c5c4c3c21. The Morgan fingerprint density at radius 2 is 1.18 bits per heavy atom. The van der Waals surface area contributed by atoms with Gasteiger partial charge in [-0.25, -0.2) is 0 Å². The van der Waals surface area contributed by atoms with E-state index in [-0.39, 0.29) is 18.6 Å². The molecule has 3 heteroatoms. The van der Waals surface area contributed by atoms with E-state index in [0.717, 1.165) is 29.0 Å². The summed E-state index contributed by atoms with van der Waals surface area (Å²) in [6, 6.07) is 21.7. The topological polar surface area (TPSA) is 54.4 Å². The molecule has 0 saturated carbocycles. The van der Waals surface area contributed by atoms with Crippen LogP contribution in [0.3, 0.4) is 0 Å². The minimum absolute atomic E-state index is 0.00691. The van der Waals surface area contributed by atoms with E-state index in [1.54, 1.807) is 0 Å². The molecule has 0 aliphatic rings. The van der Waals surface area contributed by atoms with E-state index in [1.807, 2.05) is 12.1 Å². The van der Waals surface area contributed by atoms with E-state index in [2.05, 4.69) is 55.5 Å². The van der Waals surface area contributed by atoms with Crippen LogP contribution in [0, 0.1) is 0 Å². The van der Waals surface area contributed by atoms with Gasteiger partial charge in [-0.15, -0.1) is 0 Å². The lowest BCUT2D eigenvalue weighted by atomic mass is 9.80. The third-order valence-electron chi connectivity index (χ3n) is 7.59. The second-order valence-corrected chi connectivity index (χ2v) is 9.53. The Bertz CT molecular complexity index is 1890. The Balaban J connectivity index is 1.73. The minimum Gasteiger partial charge on any atom is -0.481 e. The lowest BCUT2D eigenvalue weighted by Crippen LogP contribution is -2.05. The summed E-state index contributed by atoms with van der Waals surface area (Å²) in [4.78, 5) is 24.3. The molecule has 7 aromatic carbocycles. The van der Waals surface area contributed by atoms with Gasteiger partial charge in [0, 0.05) is 12.0 Å². The monoisotopic (exact) mass is 442 g/mol. The van der Waals surface area contributed by atoms with Gasteiger partial charge in [0.25, 0.3) is 0 Å². The van der Waals surface area contributed by atoms with Crippen LogP contribution in [0.5, 0.6) is 0 Å². The third-order valence-corrected chi connectivity index (χ3v) is 7.59. The normalized spacial score (nSPS) is 12.5. The lowest BCUT2D eigenvalue weighted by Gasteiger charge is -2.23. The minimum atomic E-state index is -0.947. The van der Waals surface area contributed by atoms with E-state index in [4.69, 9.17) is 5.11 Å². The van der Waals surface area contributed by atoms with Gasteiger partial charge in [-0.3, -0.25) is 9.59 Å². The lowest BCUT2D eigenvalue weighted by molar-refractivity contribution is -0.136. The average molecular weight is 443 g/mol. The van der Waals surface area contributed by atoms with Crippen molar-refractivity contribution >= 4 is 76.4 Å². The second kappa shape index (κ2) is 6.77. The Kier molecular flexibility index (Phi) is 3.88. The smallest absolute Gasteiger partial charge is 0.303 e. The van der Waals surface area contributed by atoms with Crippen LogP contribution >= 0.6 is 0 Å². The van der Waals surface area contributed by atoms with Crippen molar-refractivity contribution in [2.24, 2.45) is 0 Å². The molecule has 0 saturated heterocycles. The fourth-order valence-electron chi connectivity index (χ4n) is 6.22. The van der Waals surface area contributed by atoms with Gasteiger partial charge in [0.05, 0.1) is 6.42 Å². The highest BCUT2D eigenvalue weighted by molar-refractivity contribution is 6.45. The summed E-state index contributed by atoms with van der Waals surface area (Å²) in [5.74, 6) is -1.06. The predicted octanol–water partition coefficient (Wildman–Crippen LogP) is 7.92. The van der Waals surface area contributed by atoms with Crippen LogP contribution < -0.4 is 0 Å². The maximum absolute atomic E-state index is 13.2. The Labute approximate surface area is 195 Å². The first kappa shape index (κ1) is 19.5. The number of aliphatic carboxylic acids is 1. The highest BCUT2D eigenvalue weighted by atomic mass is 16.4. The molecule has 164 valence electrons. The van der Waals surface area contributed by atoms with Gasteiger partial charge in [0.15, 0.2) is 5.78 Å². The summed E-state index contributed by atoms with van der Waals surface area (Å²) in [6.07, 6.45) is 1.99. The molecular weight excluding hydrogens is 420 g/mol. The Hall–Kier alpha value is -3.98. The molecule has 0 fully saturated rings. The highest BCUT2D eigenvalue weighted by Gasteiger charge is 2.24. The van der Waals surface area contributed by atoms with Crippen molar-refractivity contribution in [2.45, 2.75) is 32.6 Å². The molecule has 7 rings (SSSR count). The van der Waals surface area contributed by atoms with Crippen molar-refractivity contribution in [3.63, 3.8) is 0 Å². The summed E-state index contributed by atoms with van der Waals surface area (Å²) >= 11 is 0. The molecule has 0 amide bonds. The largest absolute Gasteiger partial charge is 0.481 e. The van der Waals surface area contributed by atoms with Crippen molar-refractivity contribution in [3.8, 4) is 0 Å². The van der Waals surface area contributed by atoms with E-state index in [0.29, 0.717) is 5.56 Å². The fourth-order valence-corrected chi connectivity index (χ4v) is 6.22. The molecule has 0 aliphatic heterocycles. The molecule has 0 radical (unpaired) electrons. The molecular formula is C31H22O3. The van der Waals surface area contributed by atoms with Crippen molar-refractivity contribution in [1.82, 2.24) is 0 Å². The van der Waals surface area contributed by atoms with Gasteiger partial charge < -0.3 is 5.11 Å². The Morgan fingerprint density at radius 1 is 0.647 bits per heavy atom. The van der Waals surface area contributed by atoms with Crippen LogP contribution in [0.4, 0.5) is 0 Å². The molecule has 0 atom stereocenters. The van der Waals surface area contributed by atoms with E-state index >= 15 is 0 Å². The standard InChI is InChI=1S/C31H22O3/c1-2-3-18-14-19-6-7-20-15-23(24(32)12-13-25(33)34)22-11-9-17-5-4-16-8-10-21(18)30-26(16)27(17)31(22)29(20)28(19)30/h4-11,14-15H,2-3,12-13H2,1H3,(H,33,34). The molecule has 0 bridgehead atoms. The number of carbonyl (C=O) groups excluding carboxylic acids is 1. The molecule has 0 spiro atoms. The third kappa shape index (κ3) is 2.42. The number of carboxylic acids is 1. The number of carbonyl (C=O) groups is 2. The van der Waals surface area contributed by atoms with Gasteiger partial charge >= 0.3 is 5.97 Å². The average Bonchev–Trinajstić information content (AvgIpc) is 2.85. The van der Waals surface area contributed by atoms with E-state index < -0.39 is 5.97 Å². The van der Waals surface area contributed by atoms with Gasteiger partial charge in [0.1, 0.15) is 0 Å². The zero-order chi connectivity index (χ0) is 23.1. The summed E-state index contributed by atoms with van der Waals surface area (Å²) in [7, 11) is 0. The van der Waals surface area contributed by atoms with Gasteiger partial charge in [-0.05, 0) is 82.7 Å². The van der Waals surface area contributed by atoms with Crippen molar-refractivity contribution in [1.29, 1.82) is 0 Å². The van der Waals surface area contributed by atoms with Crippen molar-refractivity contribution in [3.05, 3.63) is 71.8 Å². The maximum Gasteiger partial charge on any atom is 0.303 e. The number of hydrogen-bond acceptors (Lipinski definition) is 2. The van der Waals surface area contributed by atoms with E-state index in [9.17, 15) is 9.59 Å². The number of hydrogen-bond donors (Lipinski definition) is 1. The van der Waals surface area contributed by atoms with Gasteiger partial charge in [-0.2, -0.15) is 0 Å². The summed E-state index contributed by atoms with van der Waals surface area (Å²) < 4.78 is 0. The van der Waals surface area contributed by atoms with Crippen LogP contribution in [0.15, 0.2) is 60.7 Å². The van der Waals surface area contributed by atoms with Crippen LogP contribution in [0.25, 0.3) is 64.6 Å². The van der Waals surface area contributed by atoms with E-state index in [1.165, 1.54) is 54.0 Å². The molecule has 0 aromatic heterocycles. The van der Waals surface area contributed by atoms with Gasteiger partial charge in [0.2, 0.25) is 0 Å². The number of Topliss-reactive ketones (excluding diaryl/α,β-unsaturated/α-hetero) is 1.